The summed E-state index contributed by atoms with van der Waals surface area (Å²) in [6, 6.07) is 17.6. The molecule has 0 aliphatic rings. The van der Waals surface area contributed by atoms with Crippen molar-refractivity contribution in [3.63, 3.8) is 0 Å². The summed E-state index contributed by atoms with van der Waals surface area (Å²) >= 11 is 5.82. The average molecular weight is 564 g/mol. The van der Waals surface area contributed by atoms with Crippen LogP contribution in [0.3, 0.4) is 0 Å². The monoisotopic (exact) mass is 563 g/mol. The van der Waals surface area contributed by atoms with Crippen LogP contribution >= 0.6 is 11.6 Å². The molecule has 0 fully saturated rings. The van der Waals surface area contributed by atoms with E-state index in [-0.39, 0.29) is 22.9 Å². The maximum atomic E-state index is 14.6. The first-order chi connectivity index (χ1) is 19.2. The maximum Gasteiger partial charge on any atom is 0.323 e. The molecule has 1 heterocycles. The van der Waals surface area contributed by atoms with Crippen molar-refractivity contribution in [2.75, 3.05) is 10.6 Å². The second-order valence-corrected chi connectivity index (χ2v) is 8.47. The van der Waals surface area contributed by atoms with E-state index >= 15 is 0 Å². The molecule has 0 bridgehead atoms. The molecule has 4 amide bonds. The zero-order chi connectivity index (χ0) is 28.5. The Morgan fingerprint density at radius 2 is 1.55 bits per heavy atom. The van der Waals surface area contributed by atoms with Crippen LogP contribution in [-0.4, -0.2) is 22.8 Å². The average Bonchev–Trinajstić information content (AvgIpc) is 2.94. The molecule has 0 aliphatic carbocycles. The minimum absolute atomic E-state index is 0.0734. The second-order valence-electron chi connectivity index (χ2n) is 8.03. The number of carbonyl (C=O) groups is 3. The van der Waals surface area contributed by atoms with Crippen LogP contribution in [-0.2, 0) is 4.79 Å². The van der Waals surface area contributed by atoms with Gasteiger partial charge in [-0.05, 0) is 66.2 Å². The van der Waals surface area contributed by atoms with Gasteiger partial charge >= 0.3 is 6.03 Å². The van der Waals surface area contributed by atoms with Crippen molar-refractivity contribution in [3.05, 3.63) is 119 Å². The van der Waals surface area contributed by atoms with E-state index in [0.29, 0.717) is 10.7 Å². The molecule has 3 aromatic carbocycles. The van der Waals surface area contributed by atoms with Crippen molar-refractivity contribution in [1.29, 1.82) is 0 Å². The Labute approximate surface area is 231 Å². The Balaban J connectivity index is 1.30. The standard InChI is InChI=1S/C28H20ClF2N5O4/c29-18-4-1-17(2-5-18)3-12-26(37)35-36-27(38)25-16-22(13-14-32-25)40-21-10-11-24(23(31)15-21)34-28(39)33-20-8-6-19(30)7-9-20/h1-16H,(H,35,37)(H,36,38)(H2,33,34,39). The predicted molar refractivity (Wildman–Crippen MR) is 146 cm³/mol. The number of aromatic nitrogens is 1. The lowest BCUT2D eigenvalue weighted by atomic mass is 10.2. The summed E-state index contributed by atoms with van der Waals surface area (Å²) in [4.78, 5) is 40.5. The summed E-state index contributed by atoms with van der Waals surface area (Å²) in [6.45, 7) is 0. The molecule has 0 atom stereocenters. The molecule has 1 aromatic heterocycles. The van der Waals surface area contributed by atoms with Gasteiger partial charge in [-0.2, -0.15) is 0 Å². The third kappa shape index (κ3) is 8.10. The van der Waals surface area contributed by atoms with Crippen LogP contribution < -0.4 is 26.2 Å². The van der Waals surface area contributed by atoms with Gasteiger partial charge in [0.1, 0.15) is 28.8 Å². The number of hydrogen-bond acceptors (Lipinski definition) is 5. The Hall–Kier alpha value is -5.29. The van der Waals surface area contributed by atoms with Gasteiger partial charge in [0, 0.05) is 35.1 Å². The lowest BCUT2D eigenvalue weighted by Gasteiger charge is -2.11. The molecule has 12 heteroatoms. The highest BCUT2D eigenvalue weighted by atomic mass is 35.5. The zero-order valence-corrected chi connectivity index (χ0v) is 21.2. The van der Waals surface area contributed by atoms with Crippen LogP contribution in [0.5, 0.6) is 11.5 Å². The van der Waals surface area contributed by atoms with Crippen molar-refractivity contribution >= 4 is 46.9 Å². The largest absolute Gasteiger partial charge is 0.457 e. The number of nitrogens with zero attached hydrogens (tertiary/aromatic N) is 1. The molecular weight excluding hydrogens is 544 g/mol. The normalized spacial score (nSPS) is 10.6. The molecule has 0 spiro atoms. The summed E-state index contributed by atoms with van der Waals surface area (Å²) in [5.74, 6) is -2.28. The molecule has 4 N–H and O–H groups in total. The van der Waals surface area contributed by atoms with Gasteiger partial charge < -0.3 is 15.4 Å². The Morgan fingerprint density at radius 3 is 2.27 bits per heavy atom. The topological polar surface area (TPSA) is 121 Å². The number of urea groups is 1. The first-order valence-electron chi connectivity index (χ1n) is 11.6. The highest BCUT2D eigenvalue weighted by Gasteiger charge is 2.12. The molecule has 0 unspecified atom stereocenters. The fraction of sp³-hybridized carbons (Fsp3) is 0. The Morgan fingerprint density at radius 1 is 0.825 bits per heavy atom. The number of pyridine rings is 1. The number of amides is 4. The third-order valence-electron chi connectivity index (χ3n) is 5.09. The summed E-state index contributed by atoms with van der Waals surface area (Å²) in [6.07, 6.45) is 4.08. The van der Waals surface area contributed by atoms with Gasteiger partial charge in [0.25, 0.3) is 11.8 Å². The van der Waals surface area contributed by atoms with Gasteiger partial charge in [-0.3, -0.25) is 25.4 Å². The first-order valence-corrected chi connectivity index (χ1v) is 11.9. The summed E-state index contributed by atoms with van der Waals surface area (Å²) in [7, 11) is 0. The number of ether oxygens (including phenoxy) is 1. The van der Waals surface area contributed by atoms with E-state index in [9.17, 15) is 23.2 Å². The van der Waals surface area contributed by atoms with Crippen molar-refractivity contribution in [3.8, 4) is 11.5 Å². The number of anilines is 2. The van der Waals surface area contributed by atoms with Crippen LogP contribution in [0, 0.1) is 11.6 Å². The number of hydrogen-bond donors (Lipinski definition) is 4. The number of rotatable bonds is 7. The SMILES string of the molecule is O=C(C=Cc1ccc(Cl)cc1)NNC(=O)c1cc(Oc2ccc(NC(=O)Nc3ccc(F)cc3)c(F)c2)ccn1. The van der Waals surface area contributed by atoms with Crippen LogP contribution in [0.2, 0.25) is 5.02 Å². The molecule has 0 saturated heterocycles. The lowest BCUT2D eigenvalue weighted by Crippen LogP contribution is -2.41. The van der Waals surface area contributed by atoms with E-state index in [1.165, 1.54) is 60.8 Å². The number of halogens is 3. The van der Waals surface area contributed by atoms with E-state index in [0.717, 1.165) is 11.6 Å². The number of benzene rings is 3. The van der Waals surface area contributed by atoms with E-state index in [4.69, 9.17) is 16.3 Å². The van der Waals surface area contributed by atoms with Crippen molar-refractivity contribution in [2.45, 2.75) is 0 Å². The van der Waals surface area contributed by atoms with E-state index in [1.807, 2.05) is 0 Å². The molecule has 0 aliphatic heterocycles. The molecule has 0 radical (unpaired) electrons. The van der Waals surface area contributed by atoms with Gasteiger partial charge in [0.05, 0.1) is 5.69 Å². The maximum absolute atomic E-state index is 14.6. The van der Waals surface area contributed by atoms with Crippen molar-refractivity contribution < 1.29 is 27.9 Å². The van der Waals surface area contributed by atoms with Crippen LogP contribution in [0.1, 0.15) is 16.1 Å². The highest BCUT2D eigenvalue weighted by Crippen LogP contribution is 2.26. The summed E-state index contributed by atoms with van der Waals surface area (Å²) in [5.41, 5.74) is 5.35. The van der Waals surface area contributed by atoms with E-state index < -0.39 is 29.5 Å². The van der Waals surface area contributed by atoms with Crippen molar-refractivity contribution in [2.24, 2.45) is 0 Å². The number of carbonyl (C=O) groups excluding carboxylic acids is 3. The summed E-state index contributed by atoms with van der Waals surface area (Å²) < 4.78 is 33.2. The van der Waals surface area contributed by atoms with Crippen LogP contribution in [0.4, 0.5) is 25.0 Å². The highest BCUT2D eigenvalue weighted by molar-refractivity contribution is 6.30. The molecule has 9 nitrogen and oxygen atoms in total. The quantitative estimate of drug-likeness (QED) is 0.164. The molecular formula is C28H20ClF2N5O4. The first kappa shape index (κ1) is 27.7. The van der Waals surface area contributed by atoms with E-state index in [1.54, 1.807) is 30.3 Å². The van der Waals surface area contributed by atoms with E-state index in [2.05, 4.69) is 26.5 Å². The third-order valence-corrected chi connectivity index (χ3v) is 5.34. The van der Waals surface area contributed by atoms with Crippen molar-refractivity contribution in [1.82, 2.24) is 15.8 Å². The molecule has 4 aromatic rings. The fourth-order valence-electron chi connectivity index (χ4n) is 3.18. The van der Waals surface area contributed by atoms with Gasteiger partial charge in [0.15, 0.2) is 0 Å². The second kappa shape index (κ2) is 13.0. The zero-order valence-electron chi connectivity index (χ0n) is 20.5. The molecule has 4 rings (SSSR count). The van der Waals surface area contributed by atoms with Gasteiger partial charge in [-0.1, -0.05) is 23.7 Å². The molecule has 40 heavy (non-hydrogen) atoms. The minimum Gasteiger partial charge on any atom is -0.457 e. The number of nitrogens with one attached hydrogen (secondary N) is 4. The molecule has 0 saturated carbocycles. The Bertz CT molecular complexity index is 1560. The van der Waals surface area contributed by atoms with Gasteiger partial charge in [0.2, 0.25) is 0 Å². The smallest absolute Gasteiger partial charge is 0.323 e. The predicted octanol–water partition coefficient (Wildman–Crippen LogP) is 5.92. The minimum atomic E-state index is -0.784. The van der Waals surface area contributed by atoms with Gasteiger partial charge in [-0.25, -0.2) is 13.6 Å². The fourth-order valence-corrected chi connectivity index (χ4v) is 3.31. The lowest BCUT2D eigenvalue weighted by molar-refractivity contribution is -0.117. The van der Waals surface area contributed by atoms with Crippen LogP contribution in [0.25, 0.3) is 6.08 Å². The Kier molecular flexibility index (Phi) is 9.00. The summed E-state index contributed by atoms with van der Waals surface area (Å²) in [5, 5.41) is 5.37. The molecule has 202 valence electrons. The number of hydrazine groups is 1. The van der Waals surface area contributed by atoms with Crippen LogP contribution in [0.15, 0.2) is 91.1 Å². The van der Waals surface area contributed by atoms with Gasteiger partial charge in [-0.15, -0.1) is 0 Å².